The lowest BCUT2D eigenvalue weighted by molar-refractivity contribution is 0.289. The van der Waals surface area contributed by atoms with Crippen LogP contribution < -0.4 is 10.2 Å². The highest BCUT2D eigenvalue weighted by molar-refractivity contribution is 5.50. The second kappa shape index (κ2) is 7.60. The molecule has 1 aliphatic carbocycles. The van der Waals surface area contributed by atoms with Crippen LogP contribution in [0.25, 0.3) is 0 Å². The summed E-state index contributed by atoms with van der Waals surface area (Å²) < 4.78 is 14.4. The summed E-state index contributed by atoms with van der Waals surface area (Å²) in [7, 11) is 1.85. The van der Waals surface area contributed by atoms with Crippen LogP contribution in [0.3, 0.4) is 0 Å². The van der Waals surface area contributed by atoms with Gasteiger partial charge < -0.3 is 15.3 Å². The van der Waals surface area contributed by atoms with E-state index in [-0.39, 0.29) is 12.4 Å². The lowest BCUT2D eigenvalue weighted by atomic mass is 9.93. The van der Waals surface area contributed by atoms with Gasteiger partial charge in [-0.3, -0.25) is 0 Å². The van der Waals surface area contributed by atoms with E-state index < -0.39 is 0 Å². The quantitative estimate of drug-likeness (QED) is 0.841. The van der Waals surface area contributed by atoms with Gasteiger partial charge in [0.2, 0.25) is 0 Å². The van der Waals surface area contributed by atoms with Crippen LogP contribution in [-0.4, -0.2) is 31.3 Å². The second-order valence-corrected chi connectivity index (χ2v) is 5.52. The van der Waals surface area contributed by atoms with Crippen LogP contribution in [0.15, 0.2) is 18.2 Å². The number of nitrogens with zero attached hydrogens (tertiary/aromatic N) is 1. The molecule has 2 N–H and O–H groups in total. The van der Waals surface area contributed by atoms with Gasteiger partial charge in [-0.05, 0) is 37.6 Å². The van der Waals surface area contributed by atoms with Gasteiger partial charge in [-0.15, -0.1) is 0 Å². The first kappa shape index (κ1) is 15.3. The molecule has 0 amide bonds. The van der Waals surface area contributed by atoms with E-state index in [1.54, 1.807) is 6.07 Å². The van der Waals surface area contributed by atoms with Crippen LogP contribution in [0.4, 0.5) is 10.1 Å². The summed E-state index contributed by atoms with van der Waals surface area (Å²) in [6.07, 6.45) is 5.86. The van der Waals surface area contributed by atoms with Crippen molar-refractivity contribution in [3.8, 4) is 0 Å². The van der Waals surface area contributed by atoms with Crippen molar-refractivity contribution < 1.29 is 9.50 Å². The lowest BCUT2D eigenvalue weighted by Crippen LogP contribution is -2.39. The molecule has 0 radical (unpaired) electrons. The molecule has 1 aromatic rings. The standard InChI is InChI=1S/C16H25FN2O/c1-18-12-13-7-8-16(15(17)11-13)19(9-10-20)14-5-3-2-4-6-14/h7-8,11,14,18,20H,2-6,9-10,12H2,1H3. The Hall–Kier alpha value is -1.13. The topological polar surface area (TPSA) is 35.5 Å². The average molecular weight is 280 g/mol. The molecule has 1 aliphatic rings. The van der Waals surface area contributed by atoms with Gasteiger partial charge in [0, 0.05) is 19.1 Å². The number of aliphatic hydroxyl groups excluding tert-OH is 1. The fraction of sp³-hybridized carbons (Fsp3) is 0.625. The summed E-state index contributed by atoms with van der Waals surface area (Å²) in [4.78, 5) is 2.05. The van der Waals surface area contributed by atoms with Gasteiger partial charge in [-0.25, -0.2) is 4.39 Å². The van der Waals surface area contributed by atoms with Gasteiger partial charge in [0.05, 0.1) is 12.3 Å². The maximum absolute atomic E-state index is 14.4. The first-order valence-electron chi connectivity index (χ1n) is 7.56. The first-order chi connectivity index (χ1) is 9.76. The molecule has 1 saturated carbocycles. The summed E-state index contributed by atoms with van der Waals surface area (Å²) >= 11 is 0. The molecule has 1 fully saturated rings. The van der Waals surface area contributed by atoms with Crippen molar-refractivity contribution in [3.05, 3.63) is 29.6 Å². The van der Waals surface area contributed by atoms with Gasteiger partial charge in [0.15, 0.2) is 0 Å². The van der Waals surface area contributed by atoms with Crippen molar-refractivity contribution in [1.29, 1.82) is 0 Å². The van der Waals surface area contributed by atoms with Crippen LogP contribution in [-0.2, 0) is 6.54 Å². The van der Waals surface area contributed by atoms with E-state index in [0.29, 0.717) is 24.8 Å². The Morgan fingerprint density at radius 1 is 1.30 bits per heavy atom. The van der Waals surface area contributed by atoms with Crippen molar-refractivity contribution >= 4 is 5.69 Å². The zero-order valence-electron chi connectivity index (χ0n) is 12.2. The summed E-state index contributed by atoms with van der Waals surface area (Å²) in [5, 5.41) is 12.3. The molecular weight excluding hydrogens is 255 g/mol. The van der Waals surface area contributed by atoms with E-state index in [9.17, 15) is 9.50 Å². The minimum Gasteiger partial charge on any atom is -0.395 e. The van der Waals surface area contributed by atoms with Crippen molar-refractivity contribution in [3.63, 3.8) is 0 Å². The highest BCUT2D eigenvalue weighted by atomic mass is 19.1. The molecule has 20 heavy (non-hydrogen) atoms. The summed E-state index contributed by atoms with van der Waals surface area (Å²) in [5.41, 5.74) is 1.58. The normalized spacial score (nSPS) is 16.4. The Kier molecular flexibility index (Phi) is 5.80. The average Bonchev–Trinajstić information content (AvgIpc) is 2.47. The third kappa shape index (κ3) is 3.70. The molecule has 0 unspecified atom stereocenters. The van der Waals surface area contributed by atoms with E-state index in [2.05, 4.69) is 10.2 Å². The molecule has 3 nitrogen and oxygen atoms in total. The van der Waals surface area contributed by atoms with E-state index in [1.807, 2.05) is 19.2 Å². The SMILES string of the molecule is CNCc1ccc(N(CCO)C2CCCCC2)c(F)c1. The smallest absolute Gasteiger partial charge is 0.146 e. The zero-order chi connectivity index (χ0) is 14.4. The molecule has 0 bridgehead atoms. The van der Waals surface area contributed by atoms with Crippen molar-refractivity contribution in [2.75, 3.05) is 25.1 Å². The third-order valence-corrected chi connectivity index (χ3v) is 4.06. The molecule has 0 saturated heterocycles. The van der Waals surface area contributed by atoms with Crippen LogP contribution in [0, 0.1) is 5.82 Å². The highest BCUT2D eigenvalue weighted by Gasteiger charge is 2.23. The van der Waals surface area contributed by atoms with Crippen LogP contribution >= 0.6 is 0 Å². The van der Waals surface area contributed by atoms with Crippen LogP contribution in [0.1, 0.15) is 37.7 Å². The number of halogens is 1. The van der Waals surface area contributed by atoms with Gasteiger partial charge in [-0.2, -0.15) is 0 Å². The number of anilines is 1. The molecule has 0 heterocycles. The van der Waals surface area contributed by atoms with E-state index in [0.717, 1.165) is 18.4 Å². The number of aliphatic hydroxyl groups is 1. The first-order valence-corrected chi connectivity index (χ1v) is 7.56. The Bertz CT molecular complexity index is 419. The van der Waals surface area contributed by atoms with Crippen molar-refractivity contribution in [2.45, 2.75) is 44.7 Å². The lowest BCUT2D eigenvalue weighted by Gasteiger charge is -2.36. The predicted octanol–water partition coefficient (Wildman–Crippen LogP) is 2.68. The fourth-order valence-electron chi connectivity index (χ4n) is 3.10. The molecular formula is C16H25FN2O. The fourth-order valence-corrected chi connectivity index (χ4v) is 3.10. The van der Waals surface area contributed by atoms with Crippen molar-refractivity contribution in [1.82, 2.24) is 5.32 Å². The van der Waals surface area contributed by atoms with Gasteiger partial charge in [-0.1, -0.05) is 25.3 Å². The Labute approximate surface area is 120 Å². The number of rotatable bonds is 6. The molecule has 0 atom stereocenters. The predicted molar refractivity (Wildman–Crippen MR) is 80.5 cm³/mol. The minimum absolute atomic E-state index is 0.0637. The minimum atomic E-state index is -0.184. The number of hydrogen-bond donors (Lipinski definition) is 2. The number of benzene rings is 1. The molecule has 4 heteroatoms. The molecule has 2 rings (SSSR count). The highest BCUT2D eigenvalue weighted by Crippen LogP contribution is 2.29. The van der Waals surface area contributed by atoms with Crippen LogP contribution in [0.5, 0.6) is 0 Å². The largest absolute Gasteiger partial charge is 0.395 e. The Morgan fingerprint density at radius 2 is 2.05 bits per heavy atom. The molecule has 0 aliphatic heterocycles. The van der Waals surface area contributed by atoms with Crippen molar-refractivity contribution in [2.24, 2.45) is 0 Å². The summed E-state index contributed by atoms with van der Waals surface area (Å²) in [6.45, 7) is 1.24. The summed E-state index contributed by atoms with van der Waals surface area (Å²) in [5.74, 6) is -0.184. The Balaban J connectivity index is 2.19. The van der Waals surface area contributed by atoms with E-state index in [4.69, 9.17) is 0 Å². The number of hydrogen-bond acceptors (Lipinski definition) is 3. The third-order valence-electron chi connectivity index (χ3n) is 4.06. The maximum atomic E-state index is 14.4. The molecule has 0 aromatic heterocycles. The van der Waals surface area contributed by atoms with E-state index in [1.165, 1.54) is 19.3 Å². The molecule has 112 valence electrons. The van der Waals surface area contributed by atoms with Gasteiger partial charge in [0.25, 0.3) is 0 Å². The van der Waals surface area contributed by atoms with Gasteiger partial charge >= 0.3 is 0 Å². The molecule has 0 spiro atoms. The molecule has 1 aromatic carbocycles. The van der Waals surface area contributed by atoms with E-state index >= 15 is 0 Å². The summed E-state index contributed by atoms with van der Waals surface area (Å²) in [6, 6.07) is 5.77. The number of nitrogens with one attached hydrogen (secondary N) is 1. The zero-order valence-corrected chi connectivity index (χ0v) is 12.2. The second-order valence-electron chi connectivity index (χ2n) is 5.52. The van der Waals surface area contributed by atoms with Gasteiger partial charge in [0.1, 0.15) is 5.82 Å². The van der Waals surface area contributed by atoms with Crippen LogP contribution in [0.2, 0.25) is 0 Å². The monoisotopic (exact) mass is 280 g/mol. The maximum Gasteiger partial charge on any atom is 0.146 e. The Morgan fingerprint density at radius 3 is 2.65 bits per heavy atom.